The summed E-state index contributed by atoms with van der Waals surface area (Å²) in [5.74, 6) is -3.72. The number of carbonyl (C=O) groups excluding carboxylic acids is 1. The molecule has 1 saturated carbocycles. The number of aliphatic carboxylic acids is 1. The number of hydrogen-bond donors (Lipinski definition) is 2. The maximum atomic E-state index is 14.0. The second-order valence-corrected chi connectivity index (χ2v) is 12.2. The lowest BCUT2D eigenvalue weighted by atomic mass is 9.87. The van der Waals surface area contributed by atoms with E-state index in [1.807, 2.05) is 24.3 Å². The number of halogens is 4. The molecule has 0 bridgehead atoms. The molecule has 11 heteroatoms. The fourth-order valence-corrected chi connectivity index (χ4v) is 5.56. The molecule has 2 fully saturated rings. The standard InChI is InChI=1S/C33H35F3N2O5.ClH/c1-33(2,3)20-6-10-22(11-7-20)43-29(32(40)41)14-19-4-8-21(9-5-19)42-13-12-37-30-24-17-38(18-25(24)30)31(39)23-15-27(35)28(36)16-26(23)34;/h4-11,15-16,24-25,29-30,37H,12-14,17-18H2,1-3H3,(H,40,41);1H/t24-,25?,29-,30+;/m0./s1. The number of rotatable bonds is 11. The van der Waals surface area contributed by atoms with Crippen molar-refractivity contribution in [3.8, 4) is 11.5 Å². The number of piperidine rings is 1. The van der Waals surface area contributed by atoms with Gasteiger partial charge >= 0.3 is 5.97 Å². The van der Waals surface area contributed by atoms with E-state index in [-0.39, 0.29) is 42.1 Å². The maximum absolute atomic E-state index is 14.0. The molecule has 3 aromatic rings. The Morgan fingerprint density at radius 2 is 1.52 bits per heavy atom. The molecule has 2 aliphatic rings. The number of carbonyl (C=O) groups is 2. The van der Waals surface area contributed by atoms with Crippen LogP contribution < -0.4 is 14.8 Å². The van der Waals surface area contributed by atoms with Gasteiger partial charge in [0.25, 0.3) is 5.91 Å². The van der Waals surface area contributed by atoms with Crippen LogP contribution in [0.2, 0.25) is 0 Å². The largest absolute Gasteiger partial charge is 0.492 e. The summed E-state index contributed by atoms with van der Waals surface area (Å²) in [6.07, 6.45) is -0.832. The molecule has 1 saturated heterocycles. The van der Waals surface area contributed by atoms with Crippen LogP contribution >= 0.6 is 12.4 Å². The minimum Gasteiger partial charge on any atom is -0.492 e. The first-order chi connectivity index (χ1) is 20.4. The van der Waals surface area contributed by atoms with Crippen LogP contribution in [0.4, 0.5) is 13.2 Å². The Labute approximate surface area is 260 Å². The number of hydrogen-bond acceptors (Lipinski definition) is 5. The normalized spacial score (nSPS) is 19.5. The molecule has 2 N–H and O–H groups in total. The van der Waals surface area contributed by atoms with Crippen LogP contribution in [0.5, 0.6) is 11.5 Å². The molecule has 0 spiro atoms. The van der Waals surface area contributed by atoms with Crippen molar-refractivity contribution in [3.63, 3.8) is 0 Å². The number of fused-ring (bicyclic) bond motifs is 1. The second kappa shape index (κ2) is 13.5. The molecule has 3 aromatic carbocycles. The van der Waals surface area contributed by atoms with Crippen molar-refractivity contribution in [1.82, 2.24) is 10.2 Å². The maximum Gasteiger partial charge on any atom is 0.345 e. The van der Waals surface area contributed by atoms with Gasteiger partial charge in [-0.3, -0.25) is 4.79 Å². The zero-order chi connectivity index (χ0) is 30.9. The van der Waals surface area contributed by atoms with E-state index >= 15 is 0 Å². The predicted octanol–water partition coefficient (Wildman–Crippen LogP) is 5.64. The summed E-state index contributed by atoms with van der Waals surface area (Å²) < 4.78 is 52.3. The average molecular weight is 633 g/mol. The van der Waals surface area contributed by atoms with E-state index in [4.69, 9.17) is 9.47 Å². The smallest absolute Gasteiger partial charge is 0.345 e. The second-order valence-electron chi connectivity index (χ2n) is 12.2. The number of ether oxygens (including phenoxy) is 2. The minimum atomic E-state index is -1.32. The van der Waals surface area contributed by atoms with Crippen LogP contribution in [0.25, 0.3) is 0 Å². The minimum absolute atomic E-state index is 0. The van der Waals surface area contributed by atoms with Crippen LogP contribution in [0, 0.1) is 29.3 Å². The fourth-order valence-electron chi connectivity index (χ4n) is 5.56. The molecule has 1 aliphatic heterocycles. The zero-order valence-corrected chi connectivity index (χ0v) is 25.5. The van der Waals surface area contributed by atoms with Crippen molar-refractivity contribution in [3.05, 3.63) is 94.8 Å². The van der Waals surface area contributed by atoms with E-state index in [9.17, 15) is 27.9 Å². The van der Waals surface area contributed by atoms with Gasteiger partial charge in [0.2, 0.25) is 0 Å². The fraction of sp³-hybridized carbons (Fsp3) is 0.394. The van der Waals surface area contributed by atoms with Crippen molar-refractivity contribution in [2.45, 2.75) is 44.8 Å². The number of carboxylic acid groups (broad SMARTS) is 1. The van der Waals surface area contributed by atoms with Crippen LogP contribution in [0.3, 0.4) is 0 Å². The van der Waals surface area contributed by atoms with Gasteiger partial charge in [0.1, 0.15) is 23.9 Å². The Hall–Kier alpha value is -3.76. The summed E-state index contributed by atoms with van der Waals surface area (Å²) in [5, 5.41) is 13.1. The molecule has 7 nitrogen and oxygen atoms in total. The third kappa shape index (κ3) is 7.65. The molecular formula is C33H36ClF3N2O5. The van der Waals surface area contributed by atoms with Crippen LogP contribution in [0.1, 0.15) is 42.3 Å². The van der Waals surface area contributed by atoms with Gasteiger partial charge in [-0.05, 0) is 58.7 Å². The number of benzene rings is 3. The number of nitrogens with one attached hydrogen (secondary N) is 1. The van der Waals surface area contributed by atoms with Gasteiger partial charge in [0.15, 0.2) is 17.7 Å². The first-order valence-electron chi connectivity index (χ1n) is 14.3. The Morgan fingerprint density at radius 1 is 0.932 bits per heavy atom. The molecule has 1 aliphatic carbocycles. The molecule has 4 atom stereocenters. The molecule has 236 valence electrons. The summed E-state index contributed by atoms with van der Waals surface area (Å²) in [6, 6.07) is 15.9. The van der Waals surface area contributed by atoms with Gasteiger partial charge in [-0.1, -0.05) is 45.0 Å². The average Bonchev–Trinajstić information content (AvgIpc) is 3.40. The SMILES string of the molecule is CC(C)(C)c1ccc(O[C@@H](Cc2ccc(OCCN[C@H]3C4CN(C(=O)c5cc(F)c(F)cc5F)C[C@@H]43)cc2)C(=O)O)cc1.Cl. The Morgan fingerprint density at radius 3 is 2.11 bits per heavy atom. The lowest BCUT2D eigenvalue weighted by molar-refractivity contribution is -0.145. The highest BCUT2D eigenvalue weighted by atomic mass is 35.5. The van der Waals surface area contributed by atoms with Crippen LogP contribution in [-0.4, -0.2) is 60.3 Å². The van der Waals surface area contributed by atoms with E-state index < -0.39 is 41.0 Å². The van der Waals surface area contributed by atoms with E-state index in [2.05, 4.69) is 26.1 Å². The summed E-state index contributed by atoms with van der Waals surface area (Å²) in [7, 11) is 0. The van der Waals surface area contributed by atoms with Gasteiger partial charge in [-0.2, -0.15) is 0 Å². The van der Waals surface area contributed by atoms with Crippen LogP contribution in [0.15, 0.2) is 60.7 Å². The summed E-state index contributed by atoms with van der Waals surface area (Å²) in [5.41, 5.74) is 1.47. The van der Waals surface area contributed by atoms with Crippen molar-refractivity contribution >= 4 is 24.3 Å². The van der Waals surface area contributed by atoms with E-state index in [1.54, 1.807) is 24.3 Å². The summed E-state index contributed by atoms with van der Waals surface area (Å²) >= 11 is 0. The molecular weight excluding hydrogens is 597 g/mol. The Balaban J connectivity index is 0.00000442. The highest BCUT2D eigenvalue weighted by molar-refractivity contribution is 5.94. The third-order valence-electron chi connectivity index (χ3n) is 8.09. The third-order valence-corrected chi connectivity index (χ3v) is 8.09. The molecule has 1 unspecified atom stereocenters. The lowest BCUT2D eigenvalue weighted by Gasteiger charge is -2.21. The first kappa shape index (κ1) is 33.1. The van der Waals surface area contributed by atoms with Crippen molar-refractivity contribution in [2.75, 3.05) is 26.2 Å². The monoisotopic (exact) mass is 632 g/mol. The Kier molecular flexibility index (Phi) is 10.2. The Bertz CT molecular complexity index is 1470. The number of amides is 1. The predicted molar refractivity (Wildman–Crippen MR) is 161 cm³/mol. The molecule has 5 rings (SSSR count). The molecule has 44 heavy (non-hydrogen) atoms. The van der Waals surface area contributed by atoms with Gasteiger partial charge in [-0.15, -0.1) is 12.4 Å². The summed E-state index contributed by atoms with van der Waals surface area (Å²) in [4.78, 5) is 25.9. The zero-order valence-electron chi connectivity index (χ0n) is 24.7. The van der Waals surface area contributed by atoms with Gasteiger partial charge < -0.3 is 24.8 Å². The number of likely N-dealkylation sites (tertiary alicyclic amines) is 1. The molecule has 0 aromatic heterocycles. The van der Waals surface area contributed by atoms with Gasteiger partial charge in [-0.25, -0.2) is 18.0 Å². The van der Waals surface area contributed by atoms with Crippen molar-refractivity contribution in [2.24, 2.45) is 11.8 Å². The van der Waals surface area contributed by atoms with Crippen LogP contribution in [-0.2, 0) is 16.6 Å². The quantitative estimate of drug-likeness (QED) is 0.210. The summed E-state index contributed by atoms with van der Waals surface area (Å²) in [6.45, 7) is 8.15. The van der Waals surface area contributed by atoms with Gasteiger partial charge in [0.05, 0.1) is 5.56 Å². The highest BCUT2D eigenvalue weighted by Gasteiger charge is 2.56. The molecule has 1 heterocycles. The molecule has 1 amide bonds. The number of carboxylic acids is 1. The van der Waals surface area contributed by atoms with E-state index in [0.29, 0.717) is 49.9 Å². The highest BCUT2D eigenvalue weighted by Crippen LogP contribution is 2.45. The topological polar surface area (TPSA) is 88.1 Å². The number of nitrogens with zero attached hydrogens (tertiary/aromatic N) is 1. The first-order valence-corrected chi connectivity index (χ1v) is 14.3. The van der Waals surface area contributed by atoms with E-state index in [1.165, 1.54) is 4.90 Å². The lowest BCUT2D eigenvalue weighted by Crippen LogP contribution is -2.37. The van der Waals surface area contributed by atoms with Crippen molar-refractivity contribution < 1.29 is 37.3 Å². The molecule has 0 radical (unpaired) electrons. The van der Waals surface area contributed by atoms with Gasteiger partial charge in [0, 0.05) is 38.2 Å². The van der Waals surface area contributed by atoms with E-state index in [0.717, 1.165) is 11.1 Å². The van der Waals surface area contributed by atoms with Crippen molar-refractivity contribution in [1.29, 1.82) is 0 Å².